The van der Waals surface area contributed by atoms with E-state index in [1.54, 1.807) is 0 Å². The fourth-order valence-corrected chi connectivity index (χ4v) is 4.65. The van der Waals surface area contributed by atoms with E-state index in [4.69, 9.17) is 0 Å². The van der Waals surface area contributed by atoms with Crippen molar-refractivity contribution in [2.24, 2.45) is 5.92 Å². The van der Waals surface area contributed by atoms with Crippen molar-refractivity contribution in [1.82, 2.24) is 15.1 Å². The number of rotatable bonds is 3. The molecule has 0 aromatic heterocycles. The fourth-order valence-electron chi connectivity index (χ4n) is 4.65. The molecule has 3 rings (SSSR count). The zero-order chi connectivity index (χ0) is 14.7. The van der Waals surface area contributed by atoms with Crippen LogP contribution < -0.4 is 5.32 Å². The second-order valence-corrected chi connectivity index (χ2v) is 6.99. The second kappa shape index (κ2) is 7.10. The van der Waals surface area contributed by atoms with Crippen LogP contribution in [0, 0.1) is 5.92 Å². The number of hydrogen-bond acceptors (Lipinski definition) is 3. The Morgan fingerprint density at radius 1 is 1.05 bits per heavy atom. The summed E-state index contributed by atoms with van der Waals surface area (Å²) in [5.74, 6) is 1.23. The lowest BCUT2D eigenvalue weighted by molar-refractivity contribution is -0.138. The predicted molar refractivity (Wildman–Crippen MR) is 85.2 cm³/mol. The van der Waals surface area contributed by atoms with Crippen LogP contribution in [-0.2, 0) is 4.79 Å². The molecule has 0 radical (unpaired) electrons. The molecule has 0 aromatic rings. The van der Waals surface area contributed by atoms with Gasteiger partial charge in [0.1, 0.15) is 0 Å². The van der Waals surface area contributed by atoms with Gasteiger partial charge in [-0.3, -0.25) is 9.69 Å². The quantitative estimate of drug-likeness (QED) is 0.862. The molecular weight excluding hydrogens is 262 g/mol. The average molecular weight is 293 g/mol. The molecule has 4 nitrogen and oxygen atoms in total. The smallest absolute Gasteiger partial charge is 0.240 e. The maximum atomic E-state index is 12.9. The Kier molecular flexibility index (Phi) is 5.17. The van der Waals surface area contributed by atoms with Crippen molar-refractivity contribution in [3.8, 4) is 0 Å². The van der Waals surface area contributed by atoms with Crippen LogP contribution in [0.3, 0.4) is 0 Å². The molecule has 1 N–H and O–H groups in total. The molecule has 0 aromatic carbocycles. The summed E-state index contributed by atoms with van der Waals surface area (Å²) in [6.07, 6.45) is 8.97. The van der Waals surface area contributed by atoms with E-state index in [2.05, 4.69) is 22.0 Å². The minimum Gasteiger partial charge on any atom is -0.339 e. The largest absolute Gasteiger partial charge is 0.339 e. The minimum atomic E-state index is 0.181. The number of carbonyl (C=O) groups is 1. The van der Waals surface area contributed by atoms with Crippen molar-refractivity contribution in [2.45, 2.75) is 64.0 Å². The SMILES string of the molecule is CCC1CCCCC1N1CCCC1C(=O)N1CCNCC1. The maximum Gasteiger partial charge on any atom is 0.240 e. The molecule has 2 aliphatic heterocycles. The van der Waals surface area contributed by atoms with Crippen LogP contribution in [-0.4, -0.2) is 60.5 Å². The van der Waals surface area contributed by atoms with Gasteiger partial charge in [-0.15, -0.1) is 0 Å². The Morgan fingerprint density at radius 3 is 2.57 bits per heavy atom. The van der Waals surface area contributed by atoms with Crippen LogP contribution in [0.4, 0.5) is 0 Å². The topological polar surface area (TPSA) is 35.6 Å². The fraction of sp³-hybridized carbons (Fsp3) is 0.941. The lowest BCUT2D eigenvalue weighted by atomic mass is 9.81. The molecule has 3 atom stereocenters. The molecule has 1 saturated carbocycles. The Bertz CT molecular complexity index is 354. The van der Waals surface area contributed by atoms with Crippen LogP contribution in [0.15, 0.2) is 0 Å². The summed E-state index contributed by atoms with van der Waals surface area (Å²) in [5.41, 5.74) is 0. The lowest BCUT2D eigenvalue weighted by Gasteiger charge is -2.41. The number of carbonyl (C=O) groups excluding carboxylic acids is 1. The molecule has 3 aliphatic rings. The number of hydrogen-bond donors (Lipinski definition) is 1. The van der Waals surface area contributed by atoms with Gasteiger partial charge >= 0.3 is 0 Å². The molecule has 21 heavy (non-hydrogen) atoms. The molecule has 2 saturated heterocycles. The van der Waals surface area contributed by atoms with E-state index in [1.165, 1.54) is 38.5 Å². The molecular formula is C17H31N3O. The van der Waals surface area contributed by atoms with Crippen molar-refractivity contribution in [2.75, 3.05) is 32.7 Å². The van der Waals surface area contributed by atoms with Crippen LogP contribution in [0.2, 0.25) is 0 Å². The number of amides is 1. The van der Waals surface area contributed by atoms with Crippen LogP contribution in [0.1, 0.15) is 51.9 Å². The first-order valence-electron chi connectivity index (χ1n) is 9.06. The highest BCUT2D eigenvalue weighted by Gasteiger charge is 2.40. The second-order valence-electron chi connectivity index (χ2n) is 6.99. The highest BCUT2D eigenvalue weighted by Crippen LogP contribution is 2.35. The summed E-state index contributed by atoms with van der Waals surface area (Å²) in [6, 6.07) is 0.850. The van der Waals surface area contributed by atoms with E-state index < -0.39 is 0 Å². The summed E-state index contributed by atoms with van der Waals surface area (Å²) in [5, 5.41) is 3.34. The van der Waals surface area contributed by atoms with E-state index in [-0.39, 0.29) is 6.04 Å². The normalized spacial score (nSPS) is 35.1. The summed E-state index contributed by atoms with van der Waals surface area (Å²) in [6.45, 7) is 7.17. The van der Waals surface area contributed by atoms with Gasteiger partial charge in [0.15, 0.2) is 0 Å². The van der Waals surface area contributed by atoms with Crippen molar-refractivity contribution >= 4 is 5.91 Å². The molecule has 0 bridgehead atoms. The monoisotopic (exact) mass is 293 g/mol. The van der Waals surface area contributed by atoms with Gasteiger partial charge in [-0.05, 0) is 38.1 Å². The molecule has 4 heteroatoms. The van der Waals surface area contributed by atoms with Crippen molar-refractivity contribution in [1.29, 1.82) is 0 Å². The number of likely N-dealkylation sites (tertiary alicyclic amines) is 1. The van der Waals surface area contributed by atoms with Gasteiger partial charge in [0, 0.05) is 32.2 Å². The predicted octanol–water partition coefficient (Wildman–Crippen LogP) is 1.85. The Morgan fingerprint density at radius 2 is 1.81 bits per heavy atom. The number of piperazine rings is 1. The molecule has 3 fully saturated rings. The van der Waals surface area contributed by atoms with Gasteiger partial charge in [0.25, 0.3) is 0 Å². The van der Waals surface area contributed by atoms with Crippen LogP contribution in [0.25, 0.3) is 0 Å². The Labute approximate surface area is 129 Å². The first-order chi connectivity index (χ1) is 10.3. The third-order valence-corrected chi connectivity index (χ3v) is 5.83. The van der Waals surface area contributed by atoms with Gasteiger partial charge in [-0.2, -0.15) is 0 Å². The summed E-state index contributed by atoms with van der Waals surface area (Å²) < 4.78 is 0. The van der Waals surface area contributed by atoms with Gasteiger partial charge in [-0.25, -0.2) is 0 Å². The Balaban J connectivity index is 1.67. The summed E-state index contributed by atoms with van der Waals surface area (Å²) >= 11 is 0. The first-order valence-corrected chi connectivity index (χ1v) is 9.06. The number of nitrogens with one attached hydrogen (secondary N) is 1. The summed E-state index contributed by atoms with van der Waals surface area (Å²) in [7, 11) is 0. The molecule has 2 heterocycles. The Hall–Kier alpha value is -0.610. The van der Waals surface area contributed by atoms with E-state index in [9.17, 15) is 4.79 Å². The number of nitrogens with zero attached hydrogens (tertiary/aromatic N) is 2. The van der Waals surface area contributed by atoms with Gasteiger partial charge in [0.05, 0.1) is 6.04 Å². The maximum absolute atomic E-state index is 12.9. The van der Waals surface area contributed by atoms with E-state index in [0.29, 0.717) is 11.9 Å². The highest BCUT2D eigenvalue weighted by molar-refractivity contribution is 5.82. The zero-order valence-electron chi connectivity index (χ0n) is 13.5. The highest BCUT2D eigenvalue weighted by atomic mass is 16.2. The summed E-state index contributed by atoms with van der Waals surface area (Å²) in [4.78, 5) is 17.6. The van der Waals surface area contributed by atoms with Gasteiger partial charge in [0.2, 0.25) is 5.91 Å². The van der Waals surface area contributed by atoms with E-state index >= 15 is 0 Å². The molecule has 120 valence electrons. The third-order valence-electron chi connectivity index (χ3n) is 5.83. The average Bonchev–Trinajstić information content (AvgIpc) is 3.04. The van der Waals surface area contributed by atoms with Gasteiger partial charge in [-0.1, -0.05) is 26.2 Å². The molecule has 1 aliphatic carbocycles. The molecule has 1 amide bonds. The van der Waals surface area contributed by atoms with Crippen molar-refractivity contribution in [3.63, 3.8) is 0 Å². The van der Waals surface area contributed by atoms with Gasteiger partial charge < -0.3 is 10.2 Å². The van der Waals surface area contributed by atoms with Crippen molar-refractivity contribution < 1.29 is 4.79 Å². The lowest BCUT2D eigenvalue weighted by Crippen LogP contribution is -2.55. The third kappa shape index (κ3) is 3.26. The molecule has 3 unspecified atom stereocenters. The van der Waals surface area contributed by atoms with E-state index in [0.717, 1.165) is 45.1 Å². The zero-order valence-corrected chi connectivity index (χ0v) is 13.5. The standard InChI is InChI=1S/C17H31N3O/c1-2-14-6-3-4-7-15(14)20-11-5-8-16(20)17(21)19-12-9-18-10-13-19/h14-16,18H,2-13H2,1H3. The van der Waals surface area contributed by atoms with E-state index in [1.807, 2.05) is 0 Å². The minimum absolute atomic E-state index is 0.181. The van der Waals surface area contributed by atoms with Crippen LogP contribution in [0.5, 0.6) is 0 Å². The van der Waals surface area contributed by atoms with Crippen LogP contribution >= 0.6 is 0 Å². The first kappa shape index (κ1) is 15.3. The molecule has 0 spiro atoms. The van der Waals surface area contributed by atoms with Crippen molar-refractivity contribution in [3.05, 3.63) is 0 Å².